The van der Waals surface area contributed by atoms with Crippen molar-refractivity contribution in [1.29, 1.82) is 0 Å². The van der Waals surface area contributed by atoms with Crippen molar-refractivity contribution < 1.29 is 0 Å². The van der Waals surface area contributed by atoms with E-state index in [1.54, 1.807) is 0 Å². The average molecular weight is 281 g/mol. The molecule has 0 spiro atoms. The molecule has 0 aliphatic carbocycles. The first-order valence-corrected chi connectivity index (χ1v) is 8.04. The molecule has 2 rings (SSSR count). The zero-order valence-electron chi connectivity index (χ0n) is 13.5. The van der Waals surface area contributed by atoms with Gasteiger partial charge in [-0.1, -0.05) is 66.6 Å². The van der Waals surface area contributed by atoms with Crippen LogP contribution in [0, 0.1) is 13.8 Å². The molecule has 1 heteroatoms. The largest absolute Gasteiger partial charge is 0.310 e. The SMILES string of the molecule is CCCNC(CCc1cccc(C)c1)c1cccc(C)c1. The summed E-state index contributed by atoms with van der Waals surface area (Å²) in [5.41, 5.74) is 5.54. The van der Waals surface area contributed by atoms with Crippen molar-refractivity contribution in [3.63, 3.8) is 0 Å². The maximum Gasteiger partial charge on any atom is 0.0323 e. The monoisotopic (exact) mass is 281 g/mol. The molecule has 0 saturated heterocycles. The van der Waals surface area contributed by atoms with Crippen LogP contribution in [0.15, 0.2) is 48.5 Å². The summed E-state index contributed by atoms with van der Waals surface area (Å²) in [7, 11) is 0. The van der Waals surface area contributed by atoms with E-state index in [9.17, 15) is 0 Å². The summed E-state index contributed by atoms with van der Waals surface area (Å²) >= 11 is 0. The molecule has 0 heterocycles. The third-order valence-corrected chi connectivity index (χ3v) is 3.89. The van der Waals surface area contributed by atoms with E-state index in [1.165, 1.54) is 28.7 Å². The molecule has 0 aliphatic rings. The molecule has 1 atom stereocenters. The van der Waals surface area contributed by atoms with Gasteiger partial charge in [-0.05, 0) is 50.8 Å². The molecule has 1 nitrogen and oxygen atoms in total. The second kappa shape index (κ2) is 7.99. The summed E-state index contributed by atoms with van der Waals surface area (Å²) < 4.78 is 0. The van der Waals surface area contributed by atoms with E-state index in [0.29, 0.717) is 6.04 Å². The van der Waals surface area contributed by atoms with Gasteiger partial charge in [-0.15, -0.1) is 0 Å². The van der Waals surface area contributed by atoms with E-state index in [4.69, 9.17) is 0 Å². The lowest BCUT2D eigenvalue weighted by Crippen LogP contribution is -2.22. The Kier molecular flexibility index (Phi) is 6.01. The summed E-state index contributed by atoms with van der Waals surface area (Å²) in [6.45, 7) is 7.63. The van der Waals surface area contributed by atoms with E-state index in [2.05, 4.69) is 74.6 Å². The predicted molar refractivity (Wildman–Crippen MR) is 91.7 cm³/mol. The minimum atomic E-state index is 0.449. The fourth-order valence-corrected chi connectivity index (χ4v) is 2.77. The van der Waals surface area contributed by atoms with Gasteiger partial charge in [-0.2, -0.15) is 0 Å². The van der Waals surface area contributed by atoms with Crippen LogP contribution in [0.4, 0.5) is 0 Å². The number of nitrogens with one attached hydrogen (secondary N) is 1. The molecule has 1 N–H and O–H groups in total. The zero-order valence-corrected chi connectivity index (χ0v) is 13.5. The average Bonchev–Trinajstić information content (AvgIpc) is 2.47. The van der Waals surface area contributed by atoms with Crippen molar-refractivity contribution in [2.24, 2.45) is 0 Å². The number of aryl methyl sites for hydroxylation is 3. The molecule has 21 heavy (non-hydrogen) atoms. The Morgan fingerprint density at radius 2 is 1.67 bits per heavy atom. The smallest absolute Gasteiger partial charge is 0.0323 e. The summed E-state index contributed by atoms with van der Waals surface area (Å²) in [5.74, 6) is 0. The molecule has 2 aromatic rings. The third-order valence-electron chi connectivity index (χ3n) is 3.89. The molecule has 1 unspecified atom stereocenters. The third kappa shape index (κ3) is 5.02. The molecular weight excluding hydrogens is 254 g/mol. The normalized spacial score (nSPS) is 12.3. The molecule has 0 aliphatic heterocycles. The Hall–Kier alpha value is -1.60. The van der Waals surface area contributed by atoms with Crippen LogP contribution < -0.4 is 5.32 Å². The van der Waals surface area contributed by atoms with Gasteiger partial charge in [0.25, 0.3) is 0 Å². The van der Waals surface area contributed by atoms with Gasteiger partial charge in [-0.25, -0.2) is 0 Å². The molecule has 0 fully saturated rings. The van der Waals surface area contributed by atoms with Crippen molar-refractivity contribution in [3.8, 4) is 0 Å². The molecule has 0 amide bonds. The first-order chi connectivity index (χ1) is 10.2. The minimum absolute atomic E-state index is 0.449. The van der Waals surface area contributed by atoms with Gasteiger partial charge in [0, 0.05) is 6.04 Å². The van der Waals surface area contributed by atoms with Crippen LogP contribution >= 0.6 is 0 Å². The van der Waals surface area contributed by atoms with Gasteiger partial charge in [0.1, 0.15) is 0 Å². The Labute approximate surface area is 129 Å². The second-order valence-electron chi connectivity index (χ2n) is 5.95. The predicted octanol–water partition coefficient (Wildman–Crippen LogP) is 4.98. The number of hydrogen-bond donors (Lipinski definition) is 1. The summed E-state index contributed by atoms with van der Waals surface area (Å²) in [6.07, 6.45) is 3.44. The maximum absolute atomic E-state index is 3.70. The lowest BCUT2D eigenvalue weighted by molar-refractivity contribution is 0.499. The van der Waals surface area contributed by atoms with Crippen LogP contribution in [0.1, 0.15) is 48.1 Å². The van der Waals surface area contributed by atoms with Crippen molar-refractivity contribution in [2.45, 2.75) is 46.1 Å². The lowest BCUT2D eigenvalue weighted by atomic mass is 9.97. The van der Waals surface area contributed by atoms with E-state index in [1.807, 2.05) is 0 Å². The Balaban J connectivity index is 2.06. The van der Waals surface area contributed by atoms with Crippen molar-refractivity contribution >= 4 is 0 Å². The molecular formula is C20H27N. The van der Waals surface area contributed by atoms with Gasteiger partial charge >= 0.3 is 0 Å². The van der Waals surface area contributed by atoms with Crippen LogP contribution in [0.3, 0.4) is 0 Å². The van der Waals surface area contributed by atoms with Gasteiger partial charge in [0.05, 0.1) is 0 Å². The number of hydrogen-bond acceptors (Lipinski definition) is 1. The highest BCUT2D eigenvalue weighted by Gasteiger charge is 2.11. The van der Waals surface area contributed by atoms with Crippen molar-refractivity contribution in [3.05, 3.63) is 70.8 Å². The minimum Gasteiger partial charge on any atom is -0.310 e. The van der Waals surface area contributed by atoms with Crippen molar-refractivity contribution in [1.82, 2.24) is 5.32 Å². The Bertz CT molecular complexity index is 559. The highest BCUT2D eigenvalue weighted by atomic mass is 14.9. The van der Waals surface area contributed by atoms with E-state index in [-0.39, 0.29) is 0 Å². The first kappa shape index (κ1) is 15.8. The van der Waals surface area contributed by atoms with Gasteiger partial charge in [0.2, 0.25) is 0 Å². The fraction of sp³-hybridized carbons (Fsp3) is 0.400. The molecule has 2 aromatic carbocycles. The Morgan fingerprint density at radius 3 is 2.33 bits per heavy atom. The van der Waals surface area contributed by atoms with E-state index >= 15 is 0 Å². The van der Waals surface area contributed by atoms with Crippen LogP contribution in [-0.4, -0.2) is 6.54 Å². The van der Waals surface area contributed by atoms with Gasteiger partial charge in [-0.3, -0.25) is 0 Å². The quantitative estimate of drug-likeness (QED) is 0.755. The summed E-state index contributed by atoms with van der Waals surface area (Å²) in [6, 6.07) is 18.2. The molecule has 112 valence electrons. The van der Waals surface area contributed by atoms with Crippen molar-refractivity contribution in [2.75, 3.05) is 6.54 Å². The van der Waals surface area contributed by atoms with E-state index < -0.39 is 0 Å². The Morgan fingerprint density at radius 1 is 0.952 bits per heavy atom. The number of rotatable bonds is 7. The van der Waals surface area contributed by atoms with Crippen LogP contribution in [0.5, 0.6) is 0 Å². The maximum atomic E-state index is 3.70. The highest BCUT2D eigenvalue weighted by molar-refractivity contribution is 5.26. The number of benzene rings is 2. The van der Waals surface area contributed by atoms with Crippen LogP contribution in [0.25, 0.3) is 0 Å². The highest BCUT2D eigenvalue weighted by Crippen LogP contribution is 2.20. The van der Waals surface area contributed by atoms with Crippen LogP contribution in [0.2, 0.25) is 0 Å². The topological polar surface area (TPSA) is 12.0 Å². The first-order valence-electron chi connectivity index (χ1n) is 8.04. The molecule has 0 aromatic heterocycles. The van der Waals surface area contributed by atoms with Gasteiger partial charge < -0.3 is 5.32 Å². The molecule has 0 radical (unpaired) electrons. The molecule has 0 bridgehead atoms. The lowest BCUT2D eigenvalue weighted by Gasteiger charge is -2.19. The fourth-order valence-electron chi connectivity index (χ4n) is 2.77. The standard InChI is InChI=1S/C20H27N/c1-4-13-21-20(19-10-6-8-17(3)15-19)12-11-18-9-5-7-16(2)14-18/h5-10,14-15,20-21H,4,11-13H2,1-3H3. The zero-order chi connectivity index (χ0) is 15.1. The van der Waals surface area contributed by atoms with Crippen LogP contribution in [-0.2, 0) is 6.42 Å². The van der Waals surface area contributed by atoms with Gasteiger partial charge in [0.15, 0.2) is 0 Å². The summed E-state index contributed by atoms with van der Waals surface area (Å²) in [4.78, 5) is 0. The summed E-state index contributed by atoms with van der Waals surface area (Å²) in [5, 5.41) is 3.70. The van der Waals surface area contributed by atoms with E-state index in [0.717, 1.165) is 19.4 Å². The second-order valence-corrected chi connectivity index (χ2v) is 5.95. The molecule has 0 saturated carbocycles.